The van der Waals surface area contributed by atoms with Crippen LogP contribution in [0.15, 0.2) is 24.3 Å². The molecule has 0 aromatic heterocycles. The van der Waals surface area contributed by atoms with E-state index in [0.717, 1.165) is 58.3 Å². The molecule has 5 nitrogen and oxygen atoms in total. The van der Waals surface area contributed by atoms with E-state index in [0.29, 0.717) is 11.3 Å². The Morgan fingerprint density at radius 2 is 1.80 bits per heavy atom. The predicted molar refractivity (Wildman–Crippen MR) is 100 cm³/mol. The summed E-state index contributed by atoms with van der Waals surface area (Å²) in [6.45, 7) is 3.65. The molecule has 4 rings (SSSR count). The maximum Gasteiger partial charge on any atom is 0.255 e. The number of rotatable bonds is 3. The second-order valence-corrected chi connectivity index (χ2v) is 7.40. The Hall–Kier alpha value is -1.59. The maximum absolute atomic E-state index is 12.7. The second kappa shape index (κ2) is 7.34. The van der Waals surface area contributed by atoms with E-state index in [1.807, 2.05) is 29.2 Å². The normalized spacial score (nSPS) is 23.8. The van der Waals surface area contributed by atoms with E-state index in [9.17, 15) is 9.59 Å². The topological polar surface area (TPSA) is 61.4 Å². The molecule has 1 atom stereocenters. The molecule has 1 aliphatic carbocycles. The number of piperidine rings is 1. The van der Waals surface area contributed by atoms with Crippen molar-refractivity contribution in [2.75, 3.05) is 31.5 Å². The van der Waals surface area contributed by atoms with Gasteiger partial charge in [-0.3, -0.25) is 9.59 Å². The number of likely N-dealkylation sites (tertiary alicyclic amines) is 1. The Bertz CT molecular complexity index is 652. The van der Waals surface area contributed by atoms with E-state index in [2.05, 4.69) is 10.6 Å². The van der Waals surface area contributed by atoms with Gasteiger partial charge in [0.1, 0.15) is 0 Å². The highest BCUT2D eigenvalue weighted by molar-refractivity contribution is 6.04. The Kier molecular flexibility index (Phi) is 5.35. The molecule has 25 heavy (non-hydrogen) atoms. The lowest BCUT2D eigenvalue weighted by atomic mass is 9.91. The van der Waals surface area contributed by atoms with Crippen LogP contribution in [-0.4, -0.2) is 42.9 Å². The van der Waals surface area contributed by atoms with Crippen molar-refractivity contribution in [3.63, 3.8) is 0 Å². The maximum atomic E-state index is 12.7. The highest BCUT2D eigenvalue weighted by atomic mass is 35.5. The van der Waals surface area contributed by atoms with Gasteiger partial charge in [-0.2, -0.15) is 0 Å². The number of halogens is 1. The molecule has 3 aliphatic rings. The quantitative estimate of drug-likeness (QED) is 0.867. The fraction of sp³-hybridized carbons (Fsp3) is 0.579. The standard InChI is InChI=1S/C19H25N3O2.ClH/c23-17(15-13-19(15)7-9-20-10-8-19)21-16-6-2-1-5-14(16)18(24)22-11-3-4-12-22;/h1-2,5-6,15,20H,3-4,7-13H2,(H,21,23);1H. The van der Waals surface area contributed by atoms with Crippen molar-refractivity contribution >= 4 is 29.9 Å². The number of para-hydroxylation sites is 1. The number of nitrogens with zero attached hydrogens (tertiary/aromatic N) is 1. The first-order chi connectivity index (χ1) is 11.7. The second-order valence-electron chi connectivity index (χ2n) is 7.40. The number of amides is 2. The number of anilines is 1. The summed E-state index contributed by atoms with van der Waals surface area (Å²) in [5.41, 5.74) is 1.49. The largest absolute Gasteiger partial charge is 0.339 e. The Morgan fingerprint density at radius 1 is 1.12 bits per heavy atom. The molecule has 136 valence electrons. The number of nitrogens with one attached hydrogen (secondary N) is 2. The highest BCUT2D eigenvalue weighted by Crippen LogP contribution is 2.58. The van der Waals surface area contributed by atoms with Crippen LogP contribution in [0.3, 0.4) is 0 Å². The van der Waals surface area contributed by atoms with Gasteiger partial charge in [0, 0.05) is 19.0 Å². The summed E-state index contributed by atoms with van der Waals surface area (Å²) >= 11 is 0. The third kappa shape index (κ3) is 3.53. The van der Waals surface area contributed by atoms with Gasteiger partial charge in [0.05, 0.1) is 11.3 Å². The van der Waals surface area contributed by atoms with Crippen molar-refractivity contribution in [3.05, 3.63) is 29.8 Å². The van der Waals surface area contributed by atoms with Crippen LogP contribution < -0.4 is 10.6 Å². The van der Waals surface area contributed by atoms with E-state index in [1.54, 1.807) is 0 Å². The highest BCUT2D eigenvalue weighted by Gasteiger charge is 2.57. The summed E-state index contributed by atoms with van der Waals surface area (Å²) in [4.78, 5) is 27.3. The van der Waals surface area contributed by atoms with Crippen LogP contribution in [0.2, 0.25) is 0 Å². The third-order valence-corrected chi connectivity index (χ3v) is 5.91. The molecule has 1 unspecified atom stereocenters. The molecular weight excluding hydrogens is 338 g/mol. The fourth-order valence-corrected chi connectivity index (χ4v) is 4.28. The molecule has 2 N–H and O–H groups in total. The molecule has 6 heteroatoms. The Labute approximate surface area is 154 Å². The van der Waals surface area contributed by atoms with Gasteiger partial charge in [-0.1, -0.05) is 12.1 Å². The average molecular weight is 364 g/mol. The third-order valence-electron chi connectivity index (χ3n) is 5.91. The molecule has 2 aliphatic heterocycles. The van der Waals surface area contributed by atoms with Crippen LogP contribution in [-0.2, 0) is 4.79 Å². The van der Waals surface area contributed by atoms with Crippen molar-refractivity contribution in [2.45, 2.75) is 32.1 Å². The van der Waals surface area contributed by atoms with Crippen LogP contribution in [0.4, 0.5) is 5.69 Å². The van der Waals surface area contributed by atoms with E-state index in [-0.39, 0.29) is 35.6 Å². The number of benzene rings is 1. The monoisotopic (exact) mass is 363 g/mol. The zero-order valence-corrected chi connectivity index (χ0v) is 15.2. The van der Waals surface area contributed by atoms with Gasteiger partial charge in [0.2, 0.25) is 5.91 Å². The minimum absolute atomic E-state index is 0. The van der Waals surface area contributed by atoms with Crippen LogP contribution in [0, 0.1) is 11.3 Å². The molecule has 1 spiro atoms. The summed E-state index contributed by atoms with van der Waals surface area (Å²) < 4.78 is 0. The van der Waals surface area contributed by atoms with Gasteiger partial charge in [-0.05, 0) is 62.7 Å². The fourth-order valence-electron chi connectivity index (χ4n) is 4.28. The first-order valence-electron chi connectivity index (χ1n) is 9.10. The summed E-state index contributed by atoms with van der Waals surface area (Å²) in [6, 6.07) is 7.41. The molecule has 0 bridgehead atoms. The van der Waals surface area contributed by atoms with Crippen LogP contribution in [0.1, 0.15) is 42.5 Å². The first-order valence-corrected chi connectivity index (χ1v) is 9.10. The van der Waals surface area contributed by atoms with Gasteiger partial charge in [-0.15, -0.1) is 12.4 Å². The number of hydrogen-bond donors (Lipinski definition) is 2. The lowest BCUT2D eigenvalue weighted by molar-refractivity contribution is -0.118. The van der Waals surface area contributed by atoms with E-state index >= 15 is 0 Å². The molecule has 1 aromatic rings. The van der Waals surface area contributed by atoms with E-state index in [4.69, 9.17) is 0 Å². The average Bonchev–Trinajstić information content (AvgIpc) is 3.05. The van der Waals surface area contributed by atoms with E-state index in [1.165, 1.54) is 0 Å². The smallest absolute Gasteiger partial charge is 0.255 e. The Morgan fingerprint density at radius 3 is 2.52 bits per heavy atom. The minimum atomic E-state index is 0. The zero-order chi connectivity index (χ0) is 16.6. The Balaban J connectivity index is 0.00000182. The lowest BCUT2D eigenvalue weighted by Crippen LogP contribution is -2.32. The zero-order valence-electron chi connectivity index (χ0n) is 14.4. The molecule has 2 saturated heterocycles. The summed E-state index contributed by atoms with van der Waals surface area (Å²) in [5.74, 6) is 0.226. The summed E-state index contributed by atoms with van der Waals surface area (Å²) in [7, 11) is 0. The van der Waals surface area contributed by atoms with Gasteiger partial charge in [0.25, 0.3) is 5.91 Å². The van der Waals surface area contributed by atoms with Crippen molar-refractivity contribution in [1.82, 2.24) is 10.2 Å². The van der Waals surface area contributed by atoms with Crippen LogP contribution in [0.25, 0.3) is 0 Å². The number of carbonyl (C=O) groups is 2. The molecule has 2 heterocycles. The molecule has 0 radical (unpaired) electrons. The van der Waals surface area contributed by atoms with Crippen LogP contribution in [0.5, 0.6) is 0 Å². The van der Waals surface area contributed by atoms with E-state index < -0.39 is 0 Å². The molecule has 1 saturated carbocycles. The van der Waals surface area contributed by atoms with Gasteiger partial charge in [0.15, 0.2) is 0 Å². The predicted octanol–water partition coefficient (Wildman–Crippen LogP) is 2.67. The van der Waals surface area contributed by atoms with Crippen molar-refractivity contribution in [3.8, 4) is 0 Å². The van der Waals surface area contributed by atoms with Crippen LogP contribution >= 0.6 is 12.4 Å². The summed E-state index contributed by atoms with van der Waals surface area (Å²) in [6.07, 6.45) is 5.29. The van der Waals surface area contributed by atoms with Gasteiger partial charge >= 0.3 is 0 Å². The van der Waals surface area contributed by atoms with Gasteiger partial charge in [-0.25, -0.2) is 0 Å². The van der Waals surface area contributed by atoms with Crippen molar-refractivity contribution in [1.29, 1.82) is 0 Å². The minimum Gasteiger partial charge on any atom is -0.339 e. The lowest BCUT2D eigenvalue weighted by Gasteiger charge is -2.23. The first kappa shape index (κ1) is 18.2. The molecule has 2 amide bonds. The number of hydrogen-bond acceptors (Lipinski definition) is 3. The van der Waals surface area contributed by atoms with Gasteiger partial charge < -0.3 is 15.5 Å². The molecule has 3 fully saturated rings. The van der Waals surface area contributed by atoms with Crippen molar-refractivity contribution in [2.24, 2.45) is 11.3 Å². The molecular formula is C19H26ClN3O2. The van der Waals surface area contributed by atoms with Crippen molar-refractivity contribution < 1.29 is 9.59 Å². The summed E-state index contributed by atoms with van der Waals surface area (Å²) in [5, 5.41) is 6.40. The SMILES string of the molecule is Cl.O=C(Nc1ccccc1C(=O)N1CCCC1)C1CC12CCNCC2. The number of carbonyl (C=O) groups excluding carboxylic acids is 2. The molecule has 1 aromatic carbocycles.